The zero-order valence-electron chi connectivity index (χ0n) is 6.99. The molecule has 72 valence electrons. The Hall–Kier alpha value is -0.710. The highest BCUT2D eigenvalue weighted by Gasteiger charge is 1.80. The van der Waals surface area contributed by atoms with Gasteiger partial charge in [-0.1, -0.05) is 17.7 Å². The van der Waals surface area contributed by atoms with Crippen molar-refractivity contribution in [3.63, 3.8) is 0 Å². The van der Waals surface area contributed by atoms with Gasteiger partial charge in [-0.05, 0) is 19.1 Å². The van der Waals surface area contributed by atoms with E-state index in [9.17, 15) is 0 Å². The lowest BCUT2D eigenvalue weighted by molar-refractivity contribution is 0.377. The van der Waals surface area contributed by atoms with E-state index in [4.69, 9.17) is 10.8 Å². The van der Waals surface area contributed by atoms with Crippen LogP contribution in [0.5, 0.6) is 0 Å². The molecule has 0 aliphatic rings. The first-order valence-electron chi connectivity index (χ1n) is 3.24. The average molecular weight is 191 g/mol. The zero-order valence-corrected chi connectivity index (χ0v) is 7.88. The number of aliphatic hydroxyl groups excluding tert-OH is 1. The molecule has 0 fully saturated rings. The third-order valence-corrected chi connectivity index (χ3v) is 1.08. The Bertz CT molecular complexity index is 173. The molecule has 0 saturated carbocycles. The van der Waals surface area contributed by atoms with Crippen molar-refractivity contribution in [2.45, 2.75) is 6.92 Å². The molecule has 0 aliphatic heterocycles. The second-order valence-electron chi connectivity index (χ2n) is 2.05. The molecule has 0 saturated heterocycles. The van der Waals surface area contributed by atoms with Crippen LogP contribution in [0.1, 0.15) is 6.99 Å². The molecular weight excluding hydrogens is 174 g/mol. The zero-order chi connectivity index (χ0) is 8.69. The molecule has 1 aromatic rings. The summed E-state index contributed by atoms with van der Waals surface area (Å²) in [5, 5.41) is 7.43. The number of aliphatic hydroxyl groups is 1. The number of thiol groups is 1. The van der Waals surface area contributed by atoms with Crippen molar-refractivity contribution in [1.29, 1.82) is 0 Å². The standard InChI is InChI=1S/C7H9N.CH4OS.H2O.H2/c1-6-2-4-7(8)5-3-6;2-1-3;;/h2-5H,8H2,1H3;2-3H,1H2;1H2;1H. The average Bonchev–Trinajstić information content (AvgIpc) is 1.97. The van der Waals surface area contributed by atoms with E-state index in [0.717, 1.165) is 5.69 Å². The molecule has 0 amide bonds. The number of nitrogen functional groups attached to an aromatic ring is 1. The summed E-state index contributed by atoms with van der Waals surface area (Å²) in [5.74, 6) is -0.0556. The van der Waals surface area contributed by atoms with Gasteiger partial charge in [0.15, 0.2) is 0 Å². The molecule has 5 N–H and O–H groups in total. The van der Waals surface area contributed by atoms with Crippen molar-refractivity contribution in [3.05, 3.63) is 29.8 Å². The van der Waals surface area contributed by atoms with Crippen LogP contribution < -0.4 is 5.73 Å². The first kappa shape index (κ1) is 13.9. The minimum atomic E-state index is -0.0556. The summed E-state index contributed by atoms with van der Waals surface area (Å²) in [6, 6.07) is 7.79. The minimum absolute atomic E-state index is 0. The summed E-state index contributed by atoms with van der Waals surface area (Å²) in [4.78, 5) is 0. The van der Waals surface area contributed by atoms with Crippen molar-refractivity contribution in [2.24, 2.45) is 0 Å². The molecule has 0 aliphatic carbocycles. The first-order chi connectivity index (χ1) is 5.20. The third kappa shape index (κ3) is 7.40. The molecule has 3 nitrogen and oxygen atoms in total. The van der Waals surface area contributed by atoms with Crippen LogP contribution in [0.3, 0.4) is 0 Å². The molecule has 1 aromatic carbocycles. The molecule has 0 heterocycles. The van der Waals surface area contributed by atoms with Crippen LogP contribution in [0.25, 0.3) is 0 Å². The minimum Gasteiger partial charge on any atom is -0.412 e. The van der Waals surface area contributed by atoms with E-state index in [-0.39, 0.29) is 12.8 Å². The molecule has 0 spiro atoms. The maximum absolute atomic E-state index is 7.43. The summed E-state index contributed by atoms with van der Waals surface area (Å²) in [7, 11) is 0. The lowest BCUT2D eigenvalue weighted by Crippen LogP contribution is -1.81. The number of hydrogen-bond acceptors (Lipinski definition) is 3. The lowest BCUT2D eigenvalue weighted by atomic mass is 10.2. The Labute approximate surface area is 79.4 Å². The number of rotatable bonds is 0. The van der Waals surface area contributed by atoms with Crippen LogP contribution in [0.2, 0.25) is 0 Å². The maximum Gasteiger partial charge on any atom is 0.0857 e. The Morgan fingerprint density at radius 2 is 1.75 bits per heavy atom. The van der Waals surface area contributed by atoms with Crippen molar-refractivity contribution < 1.29 is 12.0 Å². The van der Waals surface area contributed by atoms with Crippen molar-refractivity contribution >= 4 is 18.3 Å². The quantitative estimate of drug-likeness (QED) is 0.323. The SMILES string of the molecule is Cc1ccc(N)cc1.O.OCS.[HH]. The molecule has 4 heteroatoms. The Kier molecular flexibility index (Phi) is 9.68. The van der Waals surface area contributed by atoms with Gasteiger partial charge < -0.3 is 16.3 Å². The number of nitrogens with two attached hydrogens (primary N) is 1. The van der Waals surface area contributed by atoms with Crippen molar-refractivity contribution in [1.82, 2.24) is 0 Å². The maximum atomic E-state index is 7.43. The summed E-state index contributed by atoms with van der Waals surface area (Å²) in [6.45, 7) is 2.04. The van der Waals surface area contributed by atoms with Gasteiger partial charge in [0.1, 0.15) is 0 Å². The topological polar surface area (TPSA) is 77.8 Å². The van der Waals surface area contributed by atoms with Crippen molar-refractivity contribution in [2.75, 3.05) is 11.7 Å². The normalized spacial score (nSPS) is 7.58. The highest BCUT2D eigenvalue weighted by atomic mass is 32.1. The molecule has 0 radical (unpaired) electrons. The second kappa shape index (κ2) is 8.39. The number of anilines is 1. The molecule has 0 aromatic heterocycles. The molecule has 0 bridgehead atoms. The van der Waals surface area contributed by atoms with Crippen LogP contribution >= 0.6 is 12.6 Å². The van der Waals surface area contributed by atoms with Gasteiger partial charge in [0.2, 0.25) is 0 Å². The summed E-state index contributed by atoms with van der Waals surface area (Å²) in [5.41, 5.74) is 7.51. The van der Waals surface area contributed by atoms with E-state index >= 15 is 0 Å². The van der Waals surface area contributed by atoms with E-state index in [1.165, 1.54) is 5.56 Å². The summed E-state index contributed by atoms with van der Waals surface area (Å²) < 4.78 is 0. The van der Waals surface area contributed by atoms with Crippen LogP contribution in [-0.2, 0) is 0 Å². The van der Waals surface area contributed by atoms with Crippen LogP contribution in [0, 0.1) is 6.92 Å². The van der Waals surface area contributed by atoms with Gasteiger partial charge in [0.05, 0.1) is 5.94 Å². The fourth-order valence-corrected chi connectivity index (χ4v) is 0.566. The highest BCUT2D eigenvalue weighted by molar-refractivity contribution is 7.80. The van der Waals surface area contributed by atoms with E-state index in [1.807, 2.05) is 31.2 Å². The lowest BCUT2D eigenvalue weighted by Gasteiger charge is -1.90. The molecule has 0 atom stereocenters. The van der Waals surface area contributed by atoms with E-state index in [1.54, 1.807) is 0 Å². The van der Waals surface area contributed by atoms with Gasteiger partial charge in [0, 0.05) is 7.11 Å². The predicted octanol–water partition coefficient (Wildman–Crippen LogP) is 0.865. The molecular formula is C8H17NO2S. The second-order valence-corrected chi connectivity index (χ2v) is 2.33. The number of hydrogen-bond donors (Lipinski definition) is 3. The van der Waals surface area contributed by atoms with Gasteiger partial charge in [-0.25, -0.2) is 0 Å². The molecule has 1 rings (SSSR count). The van der Waals surface area contributed by atoms with E-state index in [0.29, 0.717) is 0 Å². The van der Waals surface area contributed by atoms with Gasteiger partial charge in [-0.15, -0.1) is 0 Å². The van der Waals surface area contributed by atoms with E-state index < -0.39 is 0 Å². The highest BCUT2D eigenvalue weighted by Crippen LogP contribution is 2.02. The van der Waals surface area contributed by atoms with Gasteiger partial charge in [-0.2, -0.15) is 12.6 Å². The third-order valence-electron chi connectivity index (χ3n) is 1.08. The fraction of sp³-hybridized carbons (Fsp3) is 0.250. The largest absolute Gasteiger partial charge is 0.412 e. The first-order valence-corrected chi connectivity index (χ1v) is 3.87. The monoisotopic (exact) mass is 191 g/mol. The van der Waals surface area contributed by atoms with Gasteiger partial charge in [-0.3, -0.25) is 0 Å². The smallest absolute Gasteiger partial charge is 0.0857 e. The van der Waals surface area contributed by atoms with E-state index in [2.05, 4.69) is 12.6 Å². The Morgan fingerprint density at radius 1 is 1.42 bits per heavy atom. The Morgan fingerprint density at radius 3 is 2.00 bits per heavy atom. The van der Waals surface area contributed by atoms with Crippen molar-refractivity contribution in [3.8, 4) is 0 Å². The van der Waals surface area contributed by atoms with Gasteiger partial charge >= 0.3 is 0 Å². The fourth-order valence-electron chi connectivity index (χ4n) is 0.566. The predicted molar refractivity (Wildman–Crippen MR) is 57.4 cm³/mol. The summed E-state index contributed by atoms with van der Waals surface area (Å²) >= 11 is 3.34. The number of aryl methyl sites for hydroxylation is 1. The number of benzene rings is 1. The Balaban J connectivity index is -0.000000180. The van der Waals surface area contributed by atoms with Gasteiger partial charge in [0.25, 0.3) is 0 Å². The van der Waals surface area contributed by atoms with Crippen LogP contribution in [-0.4, -0.2) is 16.5 Å². The van der Waals surface area contributed by atoms with Crippen LogP contribution in [0.4, 0.5) is 5.69 Å². The summed E-state index contributed by atoms with van der Waals surface area (Å²) in [6.07, 6.45) is 0. The molecule has 0 unspecified atom stereocenters. The van der Waals surface area contributed by atoms with Crippen LogP contribution in [0.15, 0.2) is 24.3 Å². The molecule has 12 heavy (non-hydrogen) atoms.